The van der Waals surface area contributed by atoms with E-state index >= 15 is 0 Å². The average Bonchev–Trinajstić information content (AvgIpc) is 2.96. The largest absolute Gasteiger partial charge is 0.326 e. The van der Waals surface area contributed by atoms with Gasteiger partial charge in [-0.3, -0.25) is 0 Å². The molecule has 0 radical (unpaired) electrons. The molecule has 2 rings (SSSR count). The number of thiophene rings is 1. The van der Waals surface area contributed by atoms with Crippen LogP contribution in [-0.2, 0) is 23.1 Å². The lowest BCUT2D eigenvalue weighted by Crippen LogP contribution is -2.26. The first-order chi connectivity index (χ1) is 9.36. The van der Waals surface area contributed by atoms with Crippen molar-refractivity contribution in [2.45, 2.75) is 24.9 Å². The van der Waals surface area contributed by atoms with Gasteiger partial charge in [-0.15, -0.1) is 22.7 Å². The van der Waals surface area contributed by atoms with Gasteiger partial charge in [0, 0.05) is 29.9 Å². The third kappa shape index (κ3) is 3.12. The van der Waals surface area contributed by atoms with Crippen molar-refractivity contribution in [3.8, 4) is 0 Å². The van der Waals surface area contributed by atoms with Gasteiger partial charge in [0.05, 0.1) is 15.0 Å². The summed E-state index contributed by atoms with van der Waals surface area (Å²) < 4.78 is 27.1. The molecular formula is C11H14BrN3O2S3. The molecule has 0 saturated heterocycles. The number of aromatic nitrogens is 1. The zero-order valence-corrected chi connectivity index (χ0v) is 15.0. The number of sulfonamides is 1. The van der Waals surface area contributed by atoms with Gasteiger partial charge in [0.2, 0.25) is 10.0 Å². The Balaban J connectivity index is 2.29. The maximum Gasteiger partial charge on any atom is 0.245 e. The fraction of sp³-hybridized carbons (Fsp3) is 0.364. The van der Waals surface area contributed by atoms with Crippen LogP contribution in [0, 0.1) is 6.92 Å². The quantitative estimate of drug-likeness (QED) is 0.843. The molecule has 0 aromatic carbocycles. The summed E-state index contributed by atoms with van der Waals surface area (Å²) in [6, 6.07) is 1.63. The van der Waals surface area contributed by atoms with Crippen LogP contribution in [0.5, 0.6) is 0 Å². The lowest BCUT2D eigenvalue weighted by Gasteiger charge is -2.16. The van der Waals surface area contributed by atoms with Gasteiger partial charge in [0.25, 0.3) is 0 Å². The minimum atomic E-state index is -3.53. The first kappa shape index (κ1) is 16.1. The Bertz CT molecular complexity index is 708. The summed E-state index contributed by atoms with van der Waals surface area (Å²) in [6.45, 7) is 2.52. The summed E-state index contributed by atoms with van der Waals surface area (Å²) in [6.07, 6.45) is 0. The Labute approximate surface area is 134 Å². The number of thiazole rings is 1. The average molecular weight is 396 g/mol. The van der Waals surface area contributed by atoms with Crippen LogP contribution >= 0.6 is 38.6 Å². The summed E-state index contributed by atoms with van der Waals surface area (Å²) in [5, 5.41) is 0. The van der Waals surface area contributed by atoms with E-state index in [1.165, 1.54) is 27.0 Å². The first-order valence-corrected chi connectivity index (χ1v) is 9.62. The van der Waals surface area contributed by atoms with E-state index < -0.39 is 10.0 Å². The molecule has 20 heavy (non-hydrogen) atoms. The number of hydrogen-bond donors (Lipinski definition) is 1. The van der Waals surface area contributed by atoms with Gasteiger partial charge in [0.1, 0.15) is 4.90 Å². The molecule has 0 fully saturated rings. The molecule has 9 heteroatoms. The molecule has 0 atom stereocenters. The van der Waals surface area contributed by atoms with Gasteiger partial charge in [-0.1, -0.05) is 0 Å². The Morgan fingerprint density at radius 2 is 2.20 bits per heavy atom. The van der Waals surface area contributed by atoms with Crippen LogP contribution in [0.3, 0.4) is 0 Å². The van der Waals surface area contributed by atoms with Crippen molar-refractivity contribution in [2.24, 2.45) is 5.73 Å². The third-order valence-electron chi connectivity index (χ3n) is 2.81. The van der Waals surface area contributed by atoms with Crippen LogP contribution in [0.4, 0.5) is 0 Å². The second-order valence-corrected chi connectivity index (χ2v) is 9.58. The molecule has 110 valence electrons. The number of hydrogen-bond acceptors (Lipinski definition) is 6. The van der Waals surface area contributed by atoms with Crippen LogP contribution in [0.2, 0.25) is 0 Å². The van der Waals surface area contributed by atoms with Crippen LogP contribution in [0.1, 0.15) is 15.4 Å². The molecule has 2 N–H and O–H groups in total. The van der Waals surface area contributed by atoms with Gasteiger partial charge in [-0.25, -0.2) is 13.4 Å². The highest BCUT2D eigenvalue weighted by Gasteiger charge is 2.26. The topological polar surface area (TPSA) is 76.3 Å². The number of rotatable bonds is 5. The Kier molecular flexibility index (Phi) is 4.98. The predicted molar refractivity (Wildman–Crippen MR) is 85.4 cm³/mol. The van der Waals surface area contributed by atoms with Crippen LogP contribution in [-0.4, -0.2) is 24.8 Å². The fourth-order valence-electron chi connectivity index (χ4n) is 1.61. The van der Waals surface area contributed by atoms with Crippen molar-refractivity contribution < 1.29 is 8.42 Å². The highest BCUT2D eigenvalue weighted by Crippen LogP contribution is 2.33. The summed E-state index contributed by atoms with van der Waals surface area (Å²) in [5.74, 6) is 0. The Hall–Kier alpha value is -0.320. The van der Waals surface area contributed by atoms with Crippen LogP contribution in [0.15, 0.2) is 20.3 Å². The minimum Gasteiger partial charge on any atom is -0.326 e. The van der Waals surface area contributed by atoms with E-state index in [1.807, 2.05) is 6.92 Å². The molecule has 5 nitrogen and oxygen atoms in total. The van der Waals surface area contributed by atoms with Crippen molar-refractivity contribution in [3.05, 3.63) is 30.8 Å². The summed E-state index contributed by atoms with van der Waals surface area (Å²) >= 11 is 6.10. The zero-order chi connectivity index (χ0) is 14.9. The highest BCUT2D eigenvalue weighted by molar-refractivity contribution is 9.11. The normalized spacial score (nSPS) is 12.2. The van der Waals surface area contributed by atoms with Crippen molar-refractivity contribution in [1.29, 1.82) is 0 Å². The fourth-order valence-corrected chi connectivity index (χ4v) is 6.16. The maximum atomic E-state index is 12.6. The molecule has 0 aliphatic carbocycles. The molecule has 2 aromatic rings. The summed E-state index contributed by atoms with van der Waals surface area (Å²) in [5.41, 5.74) is 8.14. The second kappa shape index (κ2) is 6.20. The molecule has 0 aliphatic heterocycles. The summed E-state index contributed by atoms with van der Waals surface area (Å²) in [7, 11) is -1.96. The molecule has 2 heterocycles. The van der Waals surface area contributed by atoms with Gasteiger partial charge >= 0.3 is 0 Å². The predicted octanol–water partition coefficient (Wildman–Crippen LogP) is 2.55. The number of halogens is 1. The first-order valence-electron chi connectivity index (χ1n) is 5.70. The van der Waals surface area contributed by atoms with Crippen LogP contribution < -0.4 is 5.73 Å². The smallest absolute Gasteiger partial charge is 0.245 e. The Morgan fingerprint density at radius 3 is 2.70 bits per heavy atom. The Morgan fingerprint density at radius 1 is 1.50 bits per heavy atom. The van der Waals surface area contributed by atoms with E-state index in [9.17, 15) is 8.42 Å². The van der Waals surface area contributed by atoms with Gasteiger partial charge in [-0.2, -0.15) is 4.31 Å². The molecule has 0 amide bonds. The number of nitrogens with two attached hydrogens (primary N) is 1. The van der Waals surface area contributed by atoms with E-state index in [2.05, 4.69) is 20.9 Å². The molecule has 0 unspecified atom stereocenters. The van der Waals surface area contributed by atoms with E-state index in [1.54, 1.807) is 18.6 Å². The molecule has 2 aromatic heterocycles. The van der Waals surface area contributed by atoms with Crippen molar-refractivity contribution >= 4 is 48.6 Å². The monoisotopic (exact) mass is 395 g/mol. The second-order valence-electron chi connectivity index (χ2n) is 4.18. The standard InChI is InChI=1S/C11H14BrN3O2S3/c1-7-9(18-6-14-7)5-15(2)20(16,17)10-3-8(4-13)19-11(10)12/h3,6H,4-5,13H2,1-2H3. The van der Waals surface area contributed by atoms with E-state index in [0.717, 1.165) is 15.4 Å². The number of nitrogens with zero attached hydrogens (tertiary/aromatic N) is 2. The zero-order valence-electron chi connectivity index (χ0n) is 11.0. The molecular weight excluding hydrogens is 382 g/mol. The van der Waals surface area contributed by atoms with Crippen LogP contribution in [0.25, 0.3) is 0 Å². The maximum absolute atomic E-state index is 12.6. The van der Waals surface area contributed by atoms with Gasteiger partial charge in [-0.05, 0) is 28.9 Å². The SMILES string of the molecule is Cc1ncsc1CN(C)S(=O)(=O)c1cc(CN)sc1Br. The van der Waals surface area contributed by atoms with Crippen molar-refractivity contribution in [2.75, 3.05) is 7.05 Å². The lowest BCUT2D eigenvalue weighted by molar-refractivity contribution is 0.468. The van der Waals surface area contributed by atoms with E-state index in [4.69, 9.17) is 5.73 Å². The molecule has 0 bridgehead atoms. The minimum absolute atomic E-state index is 0.271. The highest BCUT2D eigenvalue weighted by atomic mass is 79.9. The molecule has 0 spiro atoms. The lowest BCUT2D eigenvalue weighted by atomic mass is 10.4. The third-order valence-corrected chi connectivity index (χ3v) is 7.80. The van der Waals surface area contributed by atoms with Gasteiger partial charge in [0.15, 0.2) is 0 Å². The number of aryl methyl sites for hydroxylation is 1. The molecule has 0 saturated carbocycles. The van der Waals surface area contributed by atoms with E-state index in [-0.39, 0.29) is 4.90 Å². The van der Waals surface area contributed by atoms with E-state index in [0.29, 0.717) is 16.9 Å². The van der Waals surface area contributed by atoms with Gasteiger partial charge < -0.3 is 5.73 Å². The molecule has 0 aliphatic rings. The van der Waals surface area contributed by atoms with Crippen molar-refractivity contribution in [3.63, 3.8) is 0 Å². The van der Waals surface area contributed by atoms with Crippen molar-refractivity contribution in [1.82, 2.24) is 9.29 Å². The summed E-state index contributed by atoms with van der Waals surface area (Å²) in [4.78, 5) is 6.18.